The first kappa shape index (κ1) is 30.0. The highest BCUT2D eigenvalue weighted by atomic mass is 32.2. The Morgan fingerprint density at radius 3 is 2.43 bits per heavy atom. The van der Waals surface area contributed by atoms with Crippen LogP contribution >= 0.6 is 0 Å². The fourth-order valence-corrected chi connectivity index (χ4v) is 6.80. The van der Waals surface area contributed by atoms with Gasteiger partial charge in [-0.25, -0.2) is 31.2 Å². The van der Waals surface area contributed by atoms with E-state index in [4.69, 9.17) is 14.8 Å². The molecular weight excluding hydrogens is 579 g/mol. The van der Waals surface area contributed by atoms with Gasteiger partial charge in [-0.05, 0) is 43.2 Å². The molecule has 2 aromatic carbocycles. The topological polar surface area (TPSA) is 113 Å². The number of anilines is 1. The molecule has 3 heterocycles. The highest BCUT2D eigenvalue weighted by molar-refractivity contribution is 7.88. The Hall–Kier alpha value is -3.44. The van der Waals surface area contributed by atoms with Gasteiger partial charge in [-0.1, -0.05) is 31.8 Å². The number of ether oxygens (including phenoxy) is 1. The molecule has 5 rings (SSSR count). The van der Waals surface area contributed by atoms with E-state index in [1.165, 1.54) is 28.8 Å². The molecule has 1 aliphatic heterocycles. The Balaban J connectivity index is 1.64. The number of hydrogen-bond acceptors (Lipinski definition) is 7. The summed E-state index contributed by atoms with van der Waals surface area (Å²) in [6, 6.07) is 11.6. The van der Waals surface area contributed by atoms with E-state index >= 15 is 8.78 Å². The van der Waals surface area contributed by atoms with Crippen molar-refractivity contribution in [3.8, 4) is 17.3 Å². The quantitative estimate of drug-likeness (QED) is 0.195. The molecule has 0 aliphatic carbocycles. The van der Waals surface area contributed by atoms with Gasteiger partial charge in [0, 0.05) is 44.6 Å². The first-order chi connectivity index (χ1) is 19.9. The average Bonchev–Trinajstić information content (AvgIpc) is 3.26. The van der Waals surface area contributed by atoms with Crippen LogP contribution in [-0.4, -0.2) is 67.6 Å². The van der Waals surface area contributed by atoms with Gasteiger partial charge in [0.1, 0.15) is 23.9 Å². The molecule has 13 heteroatoms. The summed E-state index contributed by atoms with van der Waals surface area (Å²) >= 11 is 0. The van der Waals surface area contributed by atoms with Gasteiger partial charge in [-0.3, -0.25) is 0 Å². The normalized spacial score (nSPS) is 15.4. The van der Waals surface area contributed by atoms with Gasteiger partial charge >= 0.3 is 0 Å². The van der Waals surface area contributed by atoms with Gasteiger partial charge < -0.3 is 10.1 Å². The molecule has 0 unspecified atom stereocenters. The van der Waals surface area contributed by atoms with Crippen LogP contribution in [-0.2, 0) is 21.5 Å². The van der Waals surface area contributed by atoms with Crippen molar-refractivity contribution in [2.45, 2.75) is 51.3 Å². The van der Waals surface area contributed by atoms with Crippen molar-refractivity contribution < 1.29 is 21.9 Å². The number of hydrogen-bond donors (Lipinski definition) is 1. The van der Waals surface area contributed by atoms with Gasteiger partial charge in [0.2, 0.25) is 10.0 Å². The second kappa shape index (κ2) is 11.7. The van der Waals surface area contributed by atoms with Crippen molar-refractivity contribution >= 4 is 45.7 Å². The lowest BCUT2D eigenvalue weighted by atomic mass is 9.99. The molecule has 1 N–H and O–H groups in total. The molecule has 1 saturated heterocycles. The van der Waals surface area contributed by atoms with E-state index in [0.717, 1.165) is 6.04 Å². The van der Waals surface area contributed by atoms with E-state index in [0.29, 0.717) is 65.7 Å². The van der Waals surface area contributed by atoms with Crippen LogP contribution in [0.2, 0.25) is 25.7 Å². The maximum Gasteiger partial charge on any atom is 0.211 e. The van der Waals surface area contributed by atoms with Crippen LogP contribution in [0.15, 0.2) is 36.4 Å². The summed E-state index contributed by atoms with van der Waals surface area (Å²) in [5, 5.41) is 18.9. The molecule has 0 spiro atoms. The number of piperidine rings is 1. The Labute approximate surface area is 245 Å². The van der Waals surface area contributed by atoms with Crippen molar-refractivity contribution in [1.29, 1.82) is 5.26 Å². The monoisotopic (exact) mass is 612 g/mol. The maximum atomic E-state index is 15.1. The third-order valence-electron chi connectivity index (χ3n) is 7.48. The van der Waals surface area contributed by atoms with Crippen molar-refractivity contribution in [3.63, 3.8) is 0 Å². The molecule has 0 amide bonds. The van der Waals surface area contributed by atoms with Crippen LogP contribution in [0.3, 0.4) is 0 Å². The minimum absolute atomic E-state index is 0.0688. The Bertz CT molecular complexity index is 1770. The van der Waals surface area contributed by atoms with E-state index in [2.05, 4.69) is 31.0 Å². The summed E-state index contributed by atoms with van der Waals surface area (Å²) in [6.45, 7) is 8.24. The first-order valence-electron chi connectivity index (χ1n) is 13.8. The summed E-state index contributed by atoms with van der Waals surface area (Å²) in [7, 11) is -4.62. The average molecular weight is 613 g/mol. The van der Waals surface area contributed by atoms with E-state index in [-0.39, 0.29) is 24.0 Å². The van der Waals surface area contributed by atoms with Crippen LogP contribution in [0, 0.1) is 23.0 Å². The largest absolute Gasteiger partial charge is 0.364 e. The van der Waals surface area contributed by atoms with Gasteiger partial charge in [0.25, 0.3) is 0 Å². The predicted octanol–water partition coefficient (Wildman–Crippen LogP) is 5.55. The number of benzene rings is 2. The standard InChI is InChI=1S/C29H34F2N6O3SSi/c1-41(38,39)36-12-10-20(11-13-36)33-29-27-28(37(35-29)18-40-14-15-42(2,3)4)21-9-8-19(17-32)16-22(21)26(34-27)25-23(30)6-5-7-24(25)31/h5-9,16,20H,10-15,18H2,1-4H3,(H,33,35). The SMILES string of the molecule is C[Si](C)(C)CCOCn1nc(NC2CCN(S(C)(=O)=O)CC2)c2nc(-c3c(F)cccc3F)c3cc(C#N)ccc3c21. The van der Waals surface area contributed by atoms with Crippen LogP contribution in [0.25, 0.3) is 33.1 Å². The molecule has 0 atom stereocenters. The smallest absolute Gasteiger partial charge is 0.211 e. The van der Waals surface area contributed by atoms with Crippen LogP contribution in [0.4, 0.5) is 14.6 Å². The number of halogens is 2. The summed E-state index contributed by atoms with van der Waals surface area (Å²) in [5.74, 6) is -1.12. The van der Waals surface area contributed by atoms with Gasteiger partial charge in [-0.2, -0.15) is 10.4 Å². The minimum Gasteiger partial charge on any atom is -0.364 e. The molecule has 9 nitrogen and oxygen atoms in total. The number of aromatic nitrogens is 3. The van der Waals surface area contributed by atoms with E-state index in [1.54, 1.807) is 22.9 Å². The Morgan fingerprint density at radius 1 is 1.12 bits per heavy atom. The van der Waals surface area contributed by atoms with Crippen molar-refractivity contribution in [2.24, 2.45) is 0 Å². The van der Waals surface area contributed by atoms with Gasteiger partial charge in [0.15, 0.2) is 5.82 Å². The number of rotatable bonds is 9. The number of nitrogens with zero attached hydrogens (tertiary/aromatic N) is 5. The van der Waals surface area contributed by atoms with Gasteiger partial charge in [-0.15, -0.1) is 0 Å². The summed E-state index contributed by atoms with van der Waals surface area (Å²) in [4.78, 5) is 4.79. The fourth-order valence-electron chi connectivity index (χ4n) is 5.17. The lowest BCUT2D eigenvalue weighted by molar-refractivity contribution is 0.0820. The summed E-state index contributed by atoms with van der Waals surface area (Å²) in [5.41, 5.74) is 1.13. The zero-order valence-corrected chi connectivity index (χ0v) is 25.9. The fraction of sp³-hybridized carbons (Fsp3) is 0.414. The van der Waals surface area contributed by atoms with Crippen LogP contribution < -0.4 is 5.32 Å². The Kier molecular flexibility index (Phi) is 8.35. The van der Waals surface area contributed by atoms with Crippen molar-refractivity contribution in [2.75, 3.05) is 31.3 Å². The summed E-state index contributed by atoms with van der Waals surface area (Å²) in [6.07, 6.45) is 2.32. The second-order valence-corrected chi connectivity index (χ2v) is 19.5. The highest BCUT2D eigenvalue weighted by Crippen LogP contribution is 2.38. The number of nitriles is 1. The number of sulfonamides is 1. The molecule has 0 radical (unpaired) electrons. The van der Waals surface area contributed by atoms with E-state index in [1.807, 2.05) is 0 Å². The molecule has 1 fully saturated rings. The number of pyridine rings is 1. The molecule has 222 valence electrons. The van der Waals surface area contributed by atoms with E-state index in [9.17, 15) is 13.7 Å². The highest BCUT2D eigenvalue weighted by Gasteiger charge is 2.28. The predicted molar refractivity (Wildman–Crippen MR) is 162 cm³/mol. The van der Waals surface area contributed by atoms with Gasteiger partial charge in [0.05, 0.1) is 34.7 Å². The molecular formula is C29H34F2N6O3SSi. The number of nitrogens with one attached hydrogen (secondary N) is 1. The van der Waals surface area contributed by atoms with Crippen molar-refractivity contribution in [3.05, 3.63) is 53.6 Å². The number of fused-ring (bicyclic) bond motifs is 3. The molecule has 1 aliphatic rings. The molecule has 0 bridgehead atoms. The molecule has 0 saturated carbocycles. The molecule has 2 aromatic heterocycles. The second-order valence-electron chi connectivity index (χ2n) is 11.9. The Morgan fingerprint density at radius 2 is 1.81 bits per heavy atom. The zero-order valence-electron chi connectivity index (χ0n) is 24.1. The first-order valence-corrected chi connectivity index (χ1v) is 19.4. The van der Waals surface area contributed by atoms with Crippen LogP contribution in [0.1, 0.15) is 18.4 Å². The lowest BCUT2D eigenvalue weighted by Gasteiger charge is -2.30. The third-order valence-corrected chi connectivity index (χ3v) is 10.5. The molecule has 4 aromatic rings. The third kappa shape index (κ3) is 6.31. The minimum atomic E-state index is -3.28. The molecule has 42 heavy (non-hydrogen) atoms. The lowest BCUT2D eigenvalue weighted by Crippen LogP contribution is -2.41. The summed E-state index contributed by atoms with van der Waals surface area (Å²) < 4.78 is 63.4. The maximum absolute atomic E-state index is 15.1. The van der Waals surface area contributed by atoms with Crippen LogP contribution in [0.5, 0.6) is 0 Å². The zero-order chi connectivity index (χ0) is 30.2. The van der Waals surface area contributed by atoms with E-state index < -0.39 is 29.7 Å². The van der Waals surface area contributed by atoms with Crippen molar-refractivity contribution in [1.82, 2.24) is 19.1 Å².